The first kappa shape index (κ1) is 6.81. The lowest BCUT2D eigenvalue weighted by atomic mass is 11.0. The van der Waals surface area contributed by atoms with Crippen LogP contribution in [0.5, 0.6) is 0 Å². The molecule has 0 saturated carbocycles. The summed E-state index contributed by atoms with van der Waals surface area (Å²) >= 11 is 1.35. The van der Waals surface area contributed by atoms with E-state index in [9.17, 15) is 0 Å². The van der Waals surface area contributed by atoms with Crippen LogP contribution in [0.3, 0.4) is 0 Å². The zero-order chi connectivity index (χ0) is 7.07. The number of hydrogen-bond donors (Lipinski definition) is 0. The smallest absolute Gasteiger partial charge is 0.0913 e. The van der Waals surface area contributed by atoms with Crippen LogP contribution in [0, 0.1) is 0 Å². The van der Waals surface area contributed by atoms with Crippen LogP contribution >= 0.6 is 11.5 Å². The van der Waals surface area contributed by atoms with Gasteiger partial charge in [0.25, 0.3) is 0 Å². The van der Waals surface area contributed by atoms with Crippen LogP contribution < -0.4 is 0 Å². The van der Waals surface area contributed by atoms with Crippen LogP contribution in [0.2, 0.25) is 0 Å². The molecule has 0 radical (unpaired) electrons. The summed E-state index contributed by atoms with van der Waals surface area (Å²) in [4.78, 5) is 0. The second-order valence-electron chi connectivity index (χ2n) is 1.18. The van der Waals surface area contributed by atoms with Crippen LogP contribution in [-0.4, -0.2) is 19.9 Å². The van der Waals surface area contributed by atoms with Crippen molar-refractivity contribution in [1.82, 2.24) is 19.9 Å². The third kappa shape index (κ3) is 2.88. The normalized spacial score (nSPS) is 8.00. The van der Waals surface area contributed by atoms with Gasteiger partial charge in [-0.15, -0.1) is 5.10 Å². The molecule has 2 aromatic rings. The lowest BCUT2D eigenvalue weighted by molar-refractivity contribution is 0.307. The molecule has 10 heavy (non-hydrogen) atoms. The monoisotopic (exact) mass is 156 g/mol. The van der Waals surface area contributed by atoms with Crippen LogP contribution in [0.1, 0.15) is 0 Å². The van der Waals surface area contributed by atoms with E-state index in [1.54, 1.807) is 6.20 Å². The van der Waals surface area contributed by atoms with Crippen LogP contribution in [0.4, 0.5) is 0 Å². The molecule has 0 aromatic carbocycles. The lowest BCUT2D eigenvalue weighted by Gasteiger charge is -1.45. The summed E-state index contributed by atoms with van der Waals surface area (Å²) in [6, 6.07) is 0. The summed E-state index contributed by atoms with van der Waals surface area (Å²) < 4.78 is 7.60. The molecule has 0 aliphatic heterocycles. The van der Waals surface area contributed by atoms with E-state index >= 15 is 0 Å². The molecule has 0 bridgehead atoms. The Morgan fingerprint density at radius 2 is 1.90 bits per heavy atom. The fourth-order valence-electron chi connectivity index (χ4n) is 0.272. The van der Waals surface area contributed by atoms with Gasteiger partial charge in [-0.25, -0.2) is 4.63 Å². The van der Waals surface area contributed by atoms with Crippen LogP contribution in [0.25, 0.3) is 0 Å². The predicted octanol–water partition coefficient (Wildman–Crippen LogP) is 0.608. The summed E-state index contributed by atoms with van der Waals surface area (Å²) in [5.41, 5.74) is 0. The molecular weight excluding hydrogens is 152 g/mol. The van der Waals surface area contributed by atoms with Gasteiger partial charge in [-0.05, 0) is 11.5 Å². The molecule has 0 spiro atoms. The van der Waals surface area contributed by atoms with Crippen molar-refractivity contribution in [2.45, 2.75) is 0 Å². The van der Waals surface area contributed by atoms with Gasteiger partial charge in [0.1, 0.15) is 0 Å². The van der Waals surface area contributed by atoms with E-state index in [1.165, 1.54) is 23.9 Å². The van der Waals surface area contributed by atoms with E-state index in [-0.39, 0.29) is 0 Å². The topological polar surface area (TPSA) is 64.7 Å². The molecule has 0 aliphatic rings. The van der Waals surface area contributed by atoms with Gasteiger partial charge in [-0.1, -0.05) is 14.8 Å². The summed E-state index contributed by atoms with van der Waals surface area (Å²) in [6.45, 7) is 0. The van der Waals surface area contributed by atoms with Crippen molar-refractivity contribution in [2.75, 3.05) is 0 Å². The molecule has 6 heteroatoms. The van der Waals surface area contributed by atoms with E-state index in [0.29, 0.717) is 0 Å². The minimum Gasteiger partial charge on any atom is -0.245 e. The largest absolute Gasteiger partial charge is 0.245 e. The van der Waals surface area contributed by atoms with E-state index in [1.807, 2.05) is 5.38 Å². The average Bonchev–Trinajstić information content (AvgIpc) is 2.67. The predicted molar refractivity (Wildman–Crippen MR) is 34.2 cm³/mol. The summed E-state index contributed by atoms with van der Waals surface area (Å²) in [5.74, 6) is 0. The standard InChI is InChI=1S/C2H2N2O.C2H2N2S/c1-2-4-5-3-1;1-2-5-4-3-1/h2*1-2H. The SMILES string of the molecule is c1cnon1.c1csnn1. The fourth-order valence-corrected chi connectivity index (χ4v) is 0.544. The average molecular weight is 156 g/mol. The van der Waals surface area contributed by atoms with Crippen LogP contribution in [-0.2, 0) is 0 Å². The van der Waals surface area contributed by atoms with E-state index < -0.39 is 0 Å². The molecule has 2 rings (SSSR count). The number of rotatable bonds is 0. The lowest BCUT2D eigenvalue weighted by Crippen LogP contribution is -1.51. The highest BCUT2D eigenvalue weighted by atomic mass is 32.1. The van der Waals surface area contributed by atoms with Crippen molar-refractivity contribution in [3.63, 3.8) is 0 Å². The molecule has 0 fully saturated rings. The van der Waals surface area contributed by atoms with Crippen LogP contribution in [0.15, 0.2) is 28.6 Å². The second kappa shape index (κ2) is 4.57. The maximum absolute atomic E-state index is 4.08. The molecule has 0 amide bonds. The third-order valence-corrected chi connectivity index (χ3v) is 0.997. The highest BCUT2D eigenvalue weighted by molar-refractivity contribution is 7.03. The van der Waals surface area contributed by atoms with Crippen molar-refractivity contribution >= 4 is 11.5 Å². The molecule has 0 unspecified atom stereocenters. The number of nitrogens with zero attached hydrogens (tertiary/aromatic N) is 4. The number of aromatic nitrogens is 4. The van der Waals surface area contributed by atoms with Crippen molar-refractivity contribution < 1.29 is 4.63 Å². The molecule has 0 atom stereocenters. The van der Waals surface area contributed by atoms with Gasteiger partial charge in [0.2, 0.25) is 0 Å². The summed E-state index contributed by atoms with van der Waals surface area (Å²) in [6.07, 6.45) is 4.60. The Bertz CT molecular complexity index is 156. The van der Waals surface area contributed by atoms with Gasteiger partial charge < -0.3 is 0 Å². The highest BCUT2D eigenvalue weighted by Crippen LogP contribution is 1.78. The second-order valence-corrected chi connectivity index (χ2v) is 1.82. The van der Waals surface area contributed by atoms with E-state index in [2.05, 4.69) is 24.5 Å². The maximum atomic E-state index is 4.08. The first-order valence-electron chi connectivity index (χ1n) is 2.42. The zero-order valence-corrected chi connectivity index (χ0v) is 5.73. The van der Waals surface area contributed by atoms with Gasteiger partial charge in [0.15, 0.2) is 0 Å². The quantitative estimate of drug-likeness (QED) is 0.559. The van der Waals surface area contributed by atoms with E-state index in [0.717, 1.165) is 0 Å². The minimum atomic E-state index is 1.35. The molecule has 5 nitrogen and oxygen atoms in total. The third-order valence-electron chi connectivity index (χ3n) is 0.565. The van der Waals surface area contributed by atoms with Crippen molar-refractivity contribution in [2.24, 2.45) is 0 Å². The van der Waals surface area contributed by atoms with Gasteiger partial charge in [0.05, 0.1) is 18.6 Å². The van der Waals surface area contributed by atoms with E-state index in [4.69, 9.17) is 0 Å². The number of hydrogen-bond acceptors (Lipinski definition) is 6. The van der Waals surface area contributed by atoms with Crippen molar-refractivity contribution in [3.05, 3.63) is 24.0 Å². The van der Waals surface area contributed by atoms with Gasteiger partial charge >= 0.3 is 0 Å². The van der Waals surface area contributed by atoms with Crippen molar-refractivity contribution in [3.8, 4) is 0 Å². The highest BCUT2D eigenvalue weighted by Gasteiger charge is 1.61. The zero-order valence-electron chi connectivity index (χ0n) is 4.91. The minimum absolute atomic E-state index is 1.35. The Morgan fingerprint density at radius 3 is 2.10 bits per heavy atom. The molecule has 2 aromatic heterocycles. The maximum Gasteiger partial charge on any atom is 0.0913 e. The Balaban J connectivity index is 0.0000001000. The van der Waals surface area contributed by atoms with Gasteiger partial charge in [-0.3, -0.25) is 0 Å². The van der Waals surface area contributed by atoms with Crippen molar-refractivity contribution in [1.29, 1.82) is 0 Å². The molecule has 0 saturated heterocycles. The molecule has 0 N–H and O–H groups in total. The molecular formula is C4H4N4OS. The molecule has 52 valence electrons. The Hall–Kier alpha value is -1.30. The molecule has 0 aliphatic carbocycles. The fraction of sp³-hybridized carbons (Fsp3) is 0. The van der Waals surface area contributed by atoms with Gasteiger partial charge in [-0.2, -0.15) is 0 Å². The summed E-state index contributed by atoms with van der Waals surface area (Å²) in [7, 11) is 0. The molecule has 2 heterocycles. The Morgan fingerprint density at radius 1 is 1.10 bits per heavy atom. The first-order chi connectivity index (χ1) is 5.00. The Kier molecular flexibility index (Phi) is 3.11. The summed E-state index contributed by atoms with van der Waals surface area (Å²) in [5, 5.41) is 11.8. The first-order valence-corrected chi connectivity index (χ1v) is 3.26. The Labute approximate surface area is 60.8 Å². The van der Waals surface area contributed by atoms with Gasteiger partial charge in [0, 0.05) is 5.38 Å².